The summed E-state index contributed by atoms with van der Waals surface area (Å²) in [5, 5.41) is 6.76. The molecule has 0 saturated heterocycles. The predicted octanol–water partition coefficient (Wildman–Crippen LogP) is 7.37. The quantitative estimate of drug-likeness (QED) is 0.207. The number of H-pyrrole nitrogens is 2. The van der Waals surface area contributed by atoms with E-state index in [1.165, 1.54) is 0 Å². The van der Waals surface area contributed by atoms with Crippen LogP contribution in [0.4, 0.5) is 0 Å². The van der Waals surface area contributed by atoms with Crippen LogP contribution in [0.3, 0.4) is 0 Å². The Morgan fingerprint density at radius 3 is 1.36 bits per heavy atom. The molecular formula is C37H30N4O3. The molecule has 7 aromatic rings. The number of aromatic nitrogens is 4. The molecule has 0 atom stereocenters. The van der Waals surface area contributed by atoms with Gasteiger partial charge in [-0.1, -0.05) is 96.1 Å². The van der Waals surface area contributed by atoms with Crippen LogP contribution in [0.2, 0.25) is 0 Å². The van der Waals surface area contributed by atoms with Gasteiger partial charge in [-0.25, -0.2) is 9.36 Å². The fourth-order valence-electron chi connectivity index (χ4n) is 5.72. The molecular weight excluding hydrogens is 548 g/mol. The molecule has 4 aromatic carbocycles. The molecule has 0 fully saturated rings. The second-order valence-corrected chi connectivity index (χ2v) is 10.9. The van der Waals surface area contributed by atoms with Gasteiger partial charge < -0.3 is 4.42 Å². The minimum Gasteiger partial charge on any atom is -0.468 e. The molecule has 3 heterocycles. The van der Waals surface area contributed by atoms with Gasteiger partial charge in [-0.2, -0.15) is 0 Å². The van der Waals surface area contributed by atoms with Gasteiger partial charge in [-0.15, -0.1) is 0 Å². The summed E-state index contributed by atoms with van der Waals surface area (Å²) in [6, 6.07) is 38.5. The van der Waals surface area contributed by atoms with Crippen LogP contribution < -0.4 is 11.1 Å². The molecule has 0 saturated carbocycles. The van der Waals surface area contributed by atoms with Gasteiger partial charge in [0.1, 0.15) is 5.76 Å². The molecule has 2 N–H and O–H groups in total. The zero-order chi connectivity index (χ0) is 30.2. The molecule has 0 aliphatic carbocycles. The van der Waals surface area contributed by atoms with E-state index in [0.29, 0.717) is 39.6 Å². The molecule has 44 heavy (non-hydrogen) atoms. The van der Waals surface area contributed by atoms with Crippen molar-refractivity contribution in [3.05, 3.63) is 176 Å². The molecule has 7 heteroatoms. The molecule has 0 spiro atoms. The van der Waals surface area contributed by atoms with Crippen LogP contribution in [0.1, 0.15) is 33.9 Å². The minimum absolute atomic E-state index is 0.268. The van der Waals surface area contributed by atoms with E-state index in [1.807, 2.05) is 129 Å². The number of aryl methyl sites for hydroxylation is 2. The molecule has 7 nitrogen and oxygen atoms in total. The van der Waals surface area contributed by atoms with Crippen molar-refractivity contribution in [2.24, 2.45) is 0 Å². The lowest BCUT2D eigenvalue weighted by Gasteiger charge is -2.15. The molecule has 0 aliphatic heterocycles. The van der Waals surface area contributed by atoms with Gasteiger partial charge in [0.25, 0.3) is 11.1 Å². The molecule has 0 aliphatic rings. The number of rotatable bonds is 7. The second-order valence-electron chi connectivity index (χ2n) is 10.9. The Hall–Kier alpha value is -5.82. The first-order valence-electron chi connectivity index (χ1n) is 14.5. The molecule has 0 amide bonds. The average Bonchev–Trinajstić information content (AvgIpc) is 3.79. The van der Waals surface area contributed by atoms with Crippen molar-refractivity contribution >= 4 is 0 Å². The molecule has 216 valence electrons. The number of benzene rings is 4. The Balaban J connectivity index is 1.56. The number of aromatic amines is 2. The average molecular weight is 579 g/mol. The number of hydrogen-bond acceptors (Lipinski definition) is 3. The fraction of sp³-hybridized carbons (Fsp3) is 0.0811. The Kier molecular flexibility index (Phi) is 6.83. The van der Waals surface area contributed by atoms with E-state index in [2.05, 4.69) is 10.2 Å². The molecule has 7 rings (SSSR count). The largest absolute Gasteiger partial charge is 0.468 e. The lowest BCUT2D eigenvalue weighted by atomic mass is 9.86. The van der Waals surface area contributed by atoms with Crippen molar-refractivity contribution in [3.8, 4) is 33.9 Å². The standard InChI is InChI=1S/C37H30N4O3/c1-24-15-19-28(20-16-24)40-36(42)32(34(38-40)26-10-5-3-6-11-26)31(30-14-9-23-44-30)33-35(27-12-7-4-8-13-27)39-41(37(33)43)29-21-17-25(2)18-22-29/h3-23,31,38-39H,1-2H3. The highest BCUT2D eigenvalue weighted by atomic mass is 16.3. The van der Waals surface area contributed by atoms with Crippen molar-refractivity contribution in [2.45, 2.75) is 19.8 Å². The van der Waals surface area contributed by atoms with E-state index < -0.39 is 5.92 Å². The van der Waals surface area contributed by atoms with Crippen molar-refractivity contribution in [1.82, 2.24) is 19.6 Å². The Morgan fingerprint density at radius 2 is 0.977 bits per heavy atom. The summed E-state index contributed by atoms with van der Waals surface area (Å²) >= 11 is 0. The van der Waals surface area contributed by atoms with E-state index in [-0.39, 0.29) is 11.1 Å². The lowest BCUT2D eigenvalue weighted by Crippen LogP contribution is -2.25. The highest BCUT2D eigenvalue weighted by Gasteiger charge is 2.35. The Bertz CT molecular complexity index is 2010. The van der Waals surface area contributed by atoms with Crippen molar-refractivity contribution in [3.63, 3.8) is 0 Å². The van der Waals surface area contributed by atoms with Crippen molar-refractivity contribution in [2.75, 3.05) is 0 Å². The summed E-state index contributed by atoms with van der Waals surface area (Å²) in [7, 11) is 0. The molecule has 0 radical (unpaired) electrons. The third-order valence-corrected chi connectivity index (χ3v) is 7.97. The summed E-state index contributed by atoms with van der Waals surface area (Å²) in [6.45, 7) is 4.01. The number of hydrogen-bond donors (Lipinski definition) is 2. The maximum Gasteiger partial charge on any atom is 0.276 e. The van der Waals surface area contributed by atoms with Crippen LogP contribution >= 0.6 is 0 Å². The SMILES string of the molecule is Cc1ccc(-n2[nH]c(-c3ccccc3)c(C(c3ccco3)c3c(-c4ccccc4)[nH]n(-c4ccc(C)cc4)c3=O)c2=O)cc1. The number of nitrogens with one attached hydrogen (secondary N) is 2. The van der Waals surface area contributed by atoms with Gasteiger partial charge in [0.05, 0.1) is 46.1 Å². The number of nitrogens with zero attached hydrogens (tertiary/aromatic N) is 2. The monoisotopic (exact) mass is 578 g/mol. The highest BCUT2D eigenvalue weighted by molar-refractivity contribution is 5.71. The highest BCUT2D eigenvalue weighted by Crippen LogP contribution is 2.39. The van der Waals surface area contributed by atoms with Crippen molar-refractivity contribution in [1.29, 1.82) is 0 Å². The zero-order valence-corrected chi connectivity index (χ0v) is 24.3. The summed E-state index contributed by atoms with van der Waals surface area (Å²) in [5.41, 5.74) is 6.70. The van der Waals surface area contributed by atoms with Gasteiger partial charge in [0, 0.05) is 0 Å². The van der Waals surface area contributed by atoms with Gasteiger partial charge >= 0.3 is 0 Å². The fourth-order valence-corrected chi connectivity index (χ4v) is 5.72. The van der Waals surface area contributed by atoms with Crippen LogP contribution in [-0.2, 0) is 0 Å². The van der Waals surface area contributed by atoms with E-state index >= 15 is 0 Å². The van der Waals surface area contributed by atoms with Crippen LogP contribution in [0.25, 0.3) is 33.9 Å². The minimum atomic E-state index is -0.832. The summed E-state index contributed by atoms with van der Waals surface area (Å²) in [5.74, 6) is -0.347. The second kappa shape index (κ2) is 11.1. The third kappa shape index (κ3) is 4.74. The molecule has 3 aromatic heterocycles. The first kappa shape index (κ1) is 27.0. The van der Waals surface area contributed by atoms with Crippen LogP contribution in [0.15, 0.2) is 142 Å². The van der Waals surface area contributed by atoms with E-state index in [1.54, 1.807) is 21.7 Å². The summed E-state index contributed by atoms with van der Waals surface area (Å²) in [6.07, 6.45) is 1.57. The van der Waals surface area contributed by atoms with Crippen LogP contribution in [-0.4, -0.2) is 19.6 Å². The zero-order valence-electron chi connectivity index (χ0n) is 24.3. The smallest absolute Gasteiger partial charge is 0.276 e. The first-order chi connectivity index (χ1) is 21.5. The molecule has 0 bridgehead atoms. The Labute approximate surface area is 253 Å². The lowest BCUT2D eigenvalue weighted by molar-refractivity contribution is 0.502. The Morgan fingerprint density at radius 1 is 0.545 bits per heavy atom. The topological polar surface area (TPSA) is 88.7 Å². The van der Waals surface area contributed by atoms with Gasteiger partial charge in [-0.3, -0.25) is 19.8 Å². The predicted molar refractivity (Wildman–Crippen MR) is 173 cm³/mol. The summed E-state index contributed by atoms with van der Waals surface area (Å²) < 4.78 is 9.12. The van der Waals surface area contributed by atoms with Crippen LogP contribution in [0.5, 0.6) is 0 Å². The van der Waals surface area contributed by atoms with Gasteiger partial charge in [-0.05, 0) is 61.4 Å². The maximum absolute atomic E-state index is 14.6. The van der Waals surface area contributed by atoms with Gasteiger partial charge in [0.15, 0.2) is 0 Å². The first-order valence-corrected chi connectivity index (χ1v) is 14.5. The maximum atomic E-state index is 14.6. The van der Waals surface area contributed by atoms with Crippen LogP contribution in [0, 0.1) is 13.8 Å². The summed E-state index contributed by atoms with van der Waals surface area (Å²) in [4.78, 5) is 29.2. The van der Waals surface area contributed by atoms with Crippen molar-refractivity contribution < 1.29 is 4.42 Å². The van der Waals surface area contributed by atoms with Gasteiger partial charge in [0.2, 0.25) is 0 Å². The normalized spacial score (nSPS) is 11.3. The van der Waals surface area contributed by atoms with E-state index in [9.17, 15) is 9.59 Å². The number of furan rings is 1. The van der Waals surface area contributed by atoms with E-state index in [4.69, 9.17) is 4.42 Å². The third-order valence-electron chi connectivity index (χ3n) is 7.97. The van der Waals surface area contributed by atoms with E-state index in [0.717, 1.165) is 22.3 Å². The molecule has 0 unspecified atom stereocenters.